The fourth-order valence-corrected chi connectivity index (χ4v) is 1.92. The number of aromatic nitrogens is 1. The molecule has 0 atom stereocenters. The number of hydrogen-bond acceptors (Lipinski definition) is 5. The summed E-state index contributed by atoms with van der Waals surface area (Å²) in [5.41, 5.74) is 2.89. The van der Waals surface area contributed by atoms with E-state index in [1.807, 2.05) is 18.2 Å². The van der Waals surface area contributed by atoms with Crippen LogP contribution in [0.4, 0.5) is 0 Å². The Kier molecular flexibility index (Phi) is 8.40. The van der Waals surface area contributed by atoms with E-state index in [2.05, 4.69) is 22.1 Å². The molecule has 0 aliphatic heterocycles. The van der Waals surface area contributed by atoms with Crippen LogP contribution >= 0.6 is 7.82 Å². The third kappa shape index (κ3) is 8.53. The first-order chi connectivity index (χ1) is 11.7. The third-order valence-electron chi connectivity index (χ3n) is 3.12. The lowest BCUT2D eigenvalue weighted by atomic mass is 10.1. The molecule has 25 heavy (non-hydrogen) atoms. The van der Waals surface area contributed by atoms with Crippen molar-refractivity contribution in [3.05, 3.63) is 58.9 Å². The lowest BCUT2D eigenvalue weighted by molar-refractivity contribution is 0.275. The van der Waals surface area contributed by atoms with E-state index in [0.717, 1.165) is 6.42 Å². The smallest absolute Gasteiger partial charge is 0.466 e. The summed E-state index contributed by atoms with van der Waals surface area (Å²) < 4.78 is 8.88. The minimum absolute atomic E-state index is 0.0833. The van der Waals surface area contributed by atoms with Crippen LogP contribution in [0.1, 0.15) is 22.4 Å². The van der Waals surface area contributed by atoms with Crippen LogP contribution in [-0.4, -0.2) is 42.6 Å². The van der Waals surface area contributed by atoms with Crippen molar-refractivity contribution in [3.8, 4) is 5.75 Å². The zero-order valence-corrected chi connectivity index (χ0v) is 14.5. The minimum Gasteiger partial charge on any atom is -0.505 e. The molecule has 2 rings (SSSR count). The summed E-state index contributed by atoms with van der Waals surface area (Å²) in [4.78, 5) is 29.9. The Morgan fingerprint density at radius 1 is 1.20 bits per heavy atom. The van der Waals surface area contributed by atoms with Crippen LogP contribution in [0.3, 0.4) is 0 Å². The van der Waals surface area contributed by atoms with E-state index in [9.17, 15) is 10.2 Å². The van der Waals surface area contributed by atoms with Gasteiger partial charge in [0.15, 0.2) is 0 Å². The number of aromatic hydroxyl groups is 1. The molecule has 0 saturated carbocycles. The topological polar surface area (TPSA) is 143 Å². The number of nitrogens with zero attached hydrogens (tertiary/aromatic N) is 2. The number of benzene rings is 1. The average molecular weight is 368 g/mol. The predicted octanol–water partition coefficient (Wildman–Crippen LogP) is 1.32. The Bertz CT molecular complexity index is 738. The van der Waals surface area contributed by atoms with Crippen molar-refractivity contribution < 1.29 is 29.5 Å². The number of aryl methyl sites for hydroxylation is 1. The quantitative estimate of drug-likeness (QED) is 0.395. The van der Waals surface area contributed by atoms with Gasteiger partial charge in [-0.25, -0.2) is 4.57 Å². The van der Waals surface area contributed by atoms with Crippen molar-refractivity contribution in [2.45, 2.75) is 20.0 Å². The second kappa shape index (κ2) is 10.0. The van der Waals surface area contributed by atoms with Gasteiger partial charge in [-0.15, -0.1) is 0 Å². The lowest BCUT2D eigenvalue weighted by Crippen LogP contribution is -1.99. The summed E-state index contributed by atoms with van der Waals surface area (Å²) in [5, 5.41) is 19.2. The largest absolute Gasteiger partial charge is 0.505 e. The number of rotatable bonds is 5. The van der Waals surface area contributed by atoms with E-state index in [0.29, 0.717) is 23.4 Å². The number of pyridine rings is 1. The summed E-state index contributed by atoms with van der Waals surface area (Å²) in [5.74, 6) is 0.0833. The zero-order chi connectivity index (χ0) is 18.9. The molecule has 0 aliphatic rings. The molecular formula is C16H21N2O6P. The van der Waals surface area contributed by atoms with Crippen LogP contribution in [0.15, 0.2) is 41.5 Å². The molecule has 0 unspecified atom stereocenters. The summed E-state index contributed by atoms with van der Waals surface area (Å²) in [7, 11) is -4.64. The van der Waals surface area contributed by atoms with Gasteiger partial charge in [-0.2, -0.15) is 0 Å². The zero-order valence-electron chi connectivity index (χ0n) is 13.6. The van der Waals surface area contributed by atoms with Gasteiger partial charge in [-0.05, 0) is 18.9 Å². The van der Waals surface area contributed by atoms with Crippen molar-refractivity contribution in [3.63, 3.8) is 0 Å². The highest BCUT2D eigenvalue weighted by atomic mass is 31.2. The van der Waals surface area contributed by atoms with Gasteiger partial charge < -0.3 is 24.9 Å². The van der Waals surface area contributed by atoms with Crippen LogP contribution < -0.4 is 0 Å². The van der Waals surface area contributed by atoms with E-state index in [1.54, 1.807) is 19.3 Å². The summed E-state index contributed by atoms with van der Waals surface area (Å²) in [6, 6.07) is 10.1. The molecule has 1 aromatic carbocycles. The molecule has 9 heteroatoms. The summed E-state index contributed by atoms with van der Waals surface area (Å²) in [6.07, 6.45) is 4.02. The van der Waals surface area contributed by atoms with Crippen molar-refractivity contribution in [2.75, 3.05) is 6.54 Å². The van der Waals surface area contributed by atoms with Gasteiger partial charge in [0.05, 0.1) is 12.3 Å². The van der Waals surface area contributed by atoms with E-state index < -0.39 is 7.82 Å². The third-order valence-corrected chi connectivity index (χ3v) is 3.12. The lowest BCUT2D eigenvalue weighted by Gasteiger charge is -2.07. The van der Waals surface area contributed by atoms with Crippen LogP contribution in [0.2, 0.25) is 0 Å². The van der Waals surface area contributed by atoms with E-state index in [-0.39, 0.29) is 12.4 Å². The van der Waals surface area contributed by atoms with Gasteiger partial charge in [0.1, 0.15) is 5.75 Å². The maximum absolute atomic E-state index is 9.96. The van der Waals surface area contributed by atoms with Crippen molar-refractivity contribution >= 4 is 14.0 Å². The summed E-state index contributed by atoms with van der Waals surface area (Å²) >= 11 is 0. The number of aliphatic hydroxyl groups is 1. The Labute approximate surface area is 145 Å². The standard InChI is InChI=1S/C16H18N2O2.H3O4P/c1-12-16(20)15(14(11-19)9-18-12)10-17-8-7-13-5-3-2-4-6-13;1-5(2,3)4/h2-6,9-10,19-20H,7-8,11H2,1H3;(H3,1,2,3,4). The van der Waals surface area contributed by atoms with Crippen molar-refractivity contribution in [1.29, 1.82) is 0 Å². The van der Waals surface area contributed by atoms with Crippen molar-refractivity contribution in [1.82, 2.24) is 4.98 Å². The minimum atomic E-state index is -4.64. The molecular weight excluding hydrogens is 347 g/mol. The van der Waals surface area contributed by atoms with Crippen LogP contribution in [0, 0.1) is 6.92 Å². The number of phosphoric acid groups is 1. The van der Waals surface area contributed by atoms with Gasteiger partial charge in [0.2, 0.25) is 0 Å². The fourth-order valence-electron chi connectivity index (χ4n) is 1.92. The highest BCUT2D eigenvalue weighted by Gasteiger charge is 2.08. The van der Waals surface area contributed by atoms with Gasteiger partial charge >= 0.3 is 7.82 Å². The maximum Gasteiger partial charge on any atom is 0.466 e. The SMILES string of the molecule is Cc1ncc(CO)c(C=NCCc2ccccc2)c1O.O=P(O)(O)O. The van der Waals surface area contributed by atoms with E-state index in [1.165, 1.54) is 5.56 Å². The fraction of sp³-hybridized carbons (Fsp3) is 0.250. The predicted molar refractivity (Wildman–Crippen MR) is 93.4 cm³/mol. The molecule has 8 nitrogen and oxygen atoms in total. The normalized spacial score (nSPS) is 11.2. The average Bonchev–Trinajstić information content (AvgIpc) is 2.55. The first-order valence-corrected chi connectivity index (χ1v) is 8.89. The molecule has 0 saturated heterocycles. The molecule has 0 amide bonds. The van der Waals surface area contributed by atoms with Crippen molar-refractivity contribution in [2.24, 2.45) is 4.99 Å². The molecule has 1 heterocycles. The molecule has 5 N–H and O–H groups in total. The van der Waals surface area contributed by atoms with Crippen LogP contribution in [0.25, 0.3) is 0 Å². The number of aliphatic imine (C=N–C) groups is 1. The molecule has 2 aromatic rings. The first kappa shape index (κ1) is 21.0. The van der Waals surface area contributed by atoms with Gasteiger partial charge in [0, 0.05) is 30.1 Å². The molecule has 0 spiro atoms. The maximum atomic E-state index is 9.96. The van der Waals surface area contributed by atoms with Crippen LogP contribution in [0.5, 0.6) is 5.75 Å². The second-order valence-corrected chi connectivity index (χ2v) is 6.10. The van der Waals surface area contributed by atoms with Crippen LogP contribution in [-0.2, 0) is 17.6 Å². The monoisotopic (exact) mass is 368 g/mol. The highest BCUT2D eigenvalue weighted by molar-refractivity contribution is 7.45. The Balaban J connectivity index is 0.000000550. The number of aliphatic hydroxyl groups excluding tert-OH is 1. The Morgan fingerprint density at radius 3 is 2.36 bits per heavy atom. The summed E-state index contributed by atoms with van der Waals surface area (Å²) in [6.45, 7) is 2.19. The van der Waals surface area contributed by atoms with Gasteiger partial charge in [-0.3, -0.25) is 9.98 Å². The molecule has 0 radical (unpaired) electrons. The first-order valence-electron chi connectivity index (χ1n) is 7.32. The van der Waals surface area contributed by atoms with E-state index in [4.69, 9.17) is 19.2 Å². The van der Waals surface area contributed by atoms with Gasteiger partial charge in [-0.1, -0.05) is 30.3 Å². The van der Waals surface area contributed by atoms with Gasteiger partial charge in [0.25, 0.3) is 0 Å². The van der Waals surface area contributed by atoms with E-state index >= 15 is 0 Å². The Morgan fingerprint density at radius 2 is 1.80 bits per heavy atom. The molecule has 0 fully saturated rings. The molecule has 0 bridgehead atoms. The Hall–Kier alpha value is -2.09. The second-order valence-electron chi connectivity index (χ2n) is 5.07. The number of hydrogen-bond donors (Lipinski definition) is 5. The molecule has 0 aliphatic carbocycles. The highest BCUT2D eigenvalue weighted by Crippen LogP contribution is 2.25. The molecule has 1 aromatic heterocycles. The molecule has 136 valence electrons.